The van der Waals surface area contributed by atoms with Crippen molar-refractivity contribution in [3.63, 3.8) is 0 Å². The second-order valence-corrected chi connectivity index (χ2v) is 5.16. The number of nitrogens with one attached hydrogen (secondary N) is 2. The summed E-state index contributed by atoms with van der Waals surface area (Å²) in [6.45, 7) is 0.217. The maximum Gasteiger partial charge on any atom is 0.291 e. The quantitative estimate of drug-likeness (QED) is 0.678. The van der Waals surface area contributed by atoms with Crippen LogP contribution in [0.1, 0.15) is 21.9 Å². The van der Waals surface area contributed by atoms with Gasteiger partial charge in [-0.25, -0.2) is 0 Å². The minimum atomic E-state index is -0.500. The van der Waals surface area contributed by atoms with E-state index in [0.717, 1.165) is 5.56 Å². The fourth-order valence-corrected chi connectivity index (χ4v) is 2.14. The van der Waals surface area contributed by atoms with Gasteiger partial charge in [0.15, 0.2) is 5.76 Å². The van der Waals surface area contributed by atoms with E-state index in [1.807, 2.05) is 30.3 Å². The molecule has 0 radical (unpaired) electrons. The number of benzene rings is 1. The molecular weight excluding hydrogens is 320 g/mol. The first-order valence-electron chi connectivity index (χ1n) is 7.64. The minimum Gasteiger partial charge on any atom is -0.467 e. The molecule has 0 atom stereocenters. The molecule has 0 spiro atoms. The standard InChI is InChI=1S/C19H16N2O4/c22-18(20-13-15-8-4-10-24-15)16(12-14-6-2-1-3-7-14)21-19(23)17-9-5-11-25-17/h1-12H,13H2,(H,20,22)(H,21,23)/b16-12-. The molecule has 3 rings (SSSR count). The van der Waals surface area contributed by atoms with Gasteiger partial charge < -0.3 is 19.5 Å². The molecule has 0 saturated carbocycles. The Morgan fingerprint density at radius 3 is 2.36 bits per heavy atom. The average Bonchev–Trinajstić information content (AvgIpc) is 3.33. The van der Waals surface area contributed by atoms with Gasteiger partial charge in [-0.15, -0.1) is 0 Å². The van der Waals surface area contributed by atoms with Crippen LogP contribution in [0.5, 0.6) is 0 Å². The van der Waals surface area contributed by atoms with Gasteiger partial charge in [0, 0.05) is 0 Å². The van der Waals surface area contributed by atoms with Gasteiger partial charge in [0.2, 0.25) is 0 Å². The number of hydrogen-bond donors (Lipinski definition) is 2. The van der Waals surface area contributed by atoms with E-state index in [4.69, 9.17) is 8.83 Å². The maximum absolute atomic E-state index is 12.5. The van der Waals surface area contributed by atoms with Crippen molar-refractivity contribution >= 4 is 17.9 Å². The van der Waals surface area contributed by atoms with Gasteiger partial charge in [0.1, 0.15) is 11.5 Å². The van der Waals surface area contributed by atoms with Gasteiger partial charge in [-0.3, -0.25) is 9.59 Å². The summed E-state index contributed by atoms with van der Waals surface area (Å²) in [5, 5.41) is 5.29. The maximum atomic E-state index is 12.5. The smallest absolute Gasteiger partial charge is 0.291 e. The van der Waals surface area contributed by atoms with E-state index in [1.54, 1.807) is 24.3 Å². The van der Waals surface area contributed by atoms with Crippen LogP contribution < -0.4 is 10.6 Å². The molecule has 6 nitrogen and oxygen atoms in total. The molecule has 0 bridgehead atoms. The SMILES string of the molecule is O=C(NCc1ccco1)/C(=C/c1ccccc1)NC(=O)c1ccco1. The summed E-state index contributed by atoms with van der Waals surface area (Å²) in [4.78, 5) is 24.7. The van der Waals surface area contributed by atoms with Crippen LogP contribution in [-0.2, 0) is 11.3 Å². The van der Waals surface area contributed by atoms with E-state index in [0.29, 0.717) is 5.76 Å². The predicted octanol–water partition coefficient (Wildman–Crippen LogP) is 2.96. The summed E-state index contributed by atoms with van der Waals surface area (Å²) in [7, 11) is 0. The minimum absolute atomic E-state index is 0.110. The number of carbonyl (C=O) groups is 2. The van der Waals surface area contributed by atoms with E-state index in [2.05, 4.69) is 10.6 Å². The van der Waals surface area contributed by atoms with Crippen molar-refractivity contribution < 1.29 is 18.4 Å². The first-order valence-corrected chi connectivity index (χ1v) is 7.64. The molecule has 2 amide bonds. The molecule has 6 heteroatoms. The van der Waals surface area contributed by atoms with Crippen LogP contribution in [0.15, 0.2) is 81.7 Å². The molecule has 2 N–H and O–H groups in total. The monoisotopic (exact) mass is 336 g/mol. The Labute approximate surface area is 144 Å². The van der Waals surface area contributed by atoms with Gasteiger partial charge in [0.05, 0.1) is 19.1 Å². The third-order valence-corrected chi connectivity index (χ3v) is 3.35. The third-order valence-electron chi connectivity index (χ3n) is 3.35. The Morgan fingerprint density at radius 2 is 1.68 bits per heavy atom. The van der Waals surface area contributed by atoms with Crippen LogP contribution in [-0.4, -0.2) is 11.8 Å². The van der Waals surface area contributed by atoms with Gasteiger partial charge >= 0.3 is 0 Å². The average molecular weight is 336 g/mol. The first-order chi connectivity index (χ1) is 12.2. The topological polar surface area (TPSA) is 84.5 Å². The molecule has 0 aliphatic heterocycles. The molecule has 126 valence electrons. The lowest BCUT2D eigenvalue weighted by atomic mass is 10.2. The van der Waals surface area contributed by atoms with E-state index in [1.165, 1.54) is 18.6 Å². The molecule has 25 heavy (non-hydrogen) atoms. The number of amides is 2. The highest BCUT2D eigenvalue weighted by Gasteiger charge is 2.16. The normalized spacial score (nSPS) is 11.1. The molecular formula is C19H16N2O4. The molecule has 3 aromatic rings. The van der Waals surface area contributed by atoms with Crippen molar-refractivity contribution in [2.45, 2.75) is 6.54 Å². The number of furan rings is 2. The first kappa shape index (κ1) is 16.3. The number of hydrogen-bond acceptors (Lipinski definition) is 4. The van der Waals surface area contributed by atoms with Gasteiger partial charge in [-0.2, -0.15) is 0 Å². The van der Waals surface area contributed by atoms with Crippen molar-refractivity contribution in [2.75, 3.05) is 0 Å². The molecule has 0 unspecified atom stereocenters. The van der Waals surface area contributed by atoms with Crippen LogP contribution in [0.4, 0.5) is 0 Å². The summed E-state index contributed by atoms with van der Waals surface area (Å²) < 4.78 is 10.2. The van der Waals surface area contributed by atoms with E-state index >= 15 is 0 Å². The highest BCUT2D eigenvalue weighted by atomic mass is 16.3. The van der Waals surface area contributed by atoms with Crippen LogP contribution in [0, 0.1) is 0 Å². The van der Waals surface area contributed by atoms with Crippen molar-refractivity contribution in [1.82, 2.24) is 10.6 Å². The Kier molecular flexibility index (Phi) is 5.11. The fourth-order valence-electron chi connectivity index (χ4n) is 2.14. The van der Waals surface area contributed by atoms with E-state index < -0.39 is 11.8 Å². The summed E-state index contributed by atoms with van der Waals surface area (Å²) >= 11 is 0. The zero-order valence-corrected chi connectivity index (χ0v) is 13.3. The Morgan fingerprint density at radius 1 is 0.920 bits per heavy atom. The van der Waals surface area contributed by atoms with Crippen molar-refractivity contribution in [3.05, 3.63) is 89.9 Å². The summed E-state index contributed by atoms with van der Waals surface area (Å²) in [6.07, 6.45) is 4.52. The molecule has 0 aliphatic rings. The van der Waals surface area contributed by atoms with Gasteiger partial charge in [0.25, 0.3) is 11.8 Å². The van der Waals surface area contributed by atoms with E-state index in [9.17, 15) is 9.59 Å². The van der Waals surface area contributed by atoms with Crippen LogP contribution in [0.2, 0.25) is 0 Å². The molecule has 2 aromatic heterocycles. The Bertz CT molecular complexity index is 850. The molecule has 0 aliphatic carbocycles. The molecule has 0 fully saturated rings. The summed E-state index contributed by atoms with van der Waals surface area (Å²) in [5.41, 5.74) is 0.893. The number of carbonyl (C=O) groups excluding carboxylic acids is 2. The third kappa shape index (κ3) is 4.48. The largest absolute Gasteiger partial charge is 0.467 e. The van der Waals surface area contributed by atoms with Crippen LogP contribution in [0.3, 0.4) is 0 Å². The lowest BCUT2D eigenvalue weighted by Crippen LogP contribution is -2.34. The van der Waals surface area contributed by atoms with Crippen molar-refractivity contribution in [3.8, 4) is 0 Å². The van der Waals surface area contributed by atoms with Crippen LogP contribution in [0.25, 0.3) is 6.08 Å². The van der Waals surface area contributed by atoms with Crippen LogP contribution >= 0.6 is 0 Å². The van der Waals surface area contributed by atoms with Gasteiger partial charge in [-0.1, -0.05) is 30.3 Å². The lowest BCUT2D eigenvalue weighted by molar-refractivity contribution is -0.118. The predicted molar refractivity (Wildman–Crippen MR) is 91.1 cm³/mol. The molecule has 1 aromatic carbocycles. The molecule has 2 heterocycles. The number of rotatable bonds is 6. The fraction of sp³-hybridized carbons (Fsp3) is 0.0526. The Hall–Kier alpha value is -3.54. The zero-order chi connectivity index (χ0) is 17.5. The van der Waals surface area contributed by atoms with Crippen molar-refractivity contribution in [2.24, 2.45) is 0 Å². The second kappa shape index (κ2) is 7.83. The Balaban J connectivity index is 1.77. The highest BCUT2D eigenvalue weighted by Crippen LogP contribution is 2.08. The van der Waals surface area contributed by atoms with Gasteiger partial charge in [-0.05, 0) is 35.9 Å². The van der Waals surface area contributed by atoms with Crippen molar-refractivity contribution in [1.29, 1.82) is 0 Å². The highest BCUT2D eigenvalue weighted by molar-refractivity contribution is 6.04. The second-order valence-electron chi connectivity index (χ2n) is 5.16. The molecule has 0 saturated heterocycles. The zero-order valence-electron chi connectivity index (χ0n) is 13.3. The summed E-state index contributed by atoms with van der Waals surface area (Å²) in [5.74, 6) is -0.192. The lowest BCUT2D eigenvalue weighted by Gasteiger charge is -2.09. The van der Waals surface area contributed by atoms with E-state index in [-0.39, 0.29) is 18.0 Å². The summed E-state index contributed by atoms with van der Waals surface area (Å²) in [6, 6.07) is 15.8.